The summed E-state index contributed by atoms with van der Waals surface area (Å²) in [5.41, 5.74) is 6.25. The molecule has 3 aliphatic rings. The standard InChI is InChI=1S/C20H30N4O4/c21-14-5-3-13(4-6-14)20(27)24-8-7-15(9-16(24)11-25)22-19(26)17-10-18(28-23-17)12-1-2-12/h10,12-16,25H,1-9,11,21H2,(H,22,26)/t13-,14-,15-,16-/m1/s1. The molecule has 1 aromatic heterocycles. The van der Waals surface area contributed by atoms with Gasteiger partial charge in [0.1, 0.15) is 5.76 Å². The van der Waals surface area contributed by atoms with Crippen LogP contribution in [0.15, 0.2) is 10.6 Å². The lowest BCUT2D eigenvalue weighted by Gasteiger charge is -2.41. The lowest BCUT2D eigenvalue weighted by atomic mass is 9.84. The molecule has 3 fully saturated rings. The minimum atomic E-state index is -0.263. The SMILES string of the molecule is N[C@H]1CC[C@H](C(=O)N2CC[C@@H](NC(=O)c3cc(C4CC4)on3)C[C@@H]2CO)CC1. The zero-order valence-corrected chi connectivity index (χ0v) is 16.2. The molecule has 1 saturated heterocycles. The molecular formula is C20H30N4O4. The number of aliphatic hydroxyl groups excluding tert-OH is 1. The summed E-state index contributed by atoms with van der Waals surface area (Å²) in [4.78, 5) is 27.2. The van der Waals surface area contributed by atoms with Gasteiger partial charge >= 0.3 is 0 Å². The van der Waals surface area contributed by atoms with E-state index in [1.54, 1.807) is 6.07 Å². The fourth-order valence-corrected chi connectivity index (χ4v) is 4.46. The van der Waals surface area contributed by atoms with E-state index in [-0.39, 0.29) is 42.5 Å². The van der Waals surface area contributed by atoms with E-state index in [0.717, 1.165) is 44.3 Å². The van der Waals surface area contributed by atoms with Gasteiger partial charge in [0.2, 0.25) is 5.91 Å². The van der Waals surface area contributed by atoms with Crippen LogP contribution >= 0.6 is 0 Å². The Bertz CT molecular complexity index is 709. The molecule has 28 heavy (non-hydrogen) atoms. The molecule has 1 aliphatic heterocycles. The number of carbonyl (C=O) groups excluding carboxylic acids is 2. The van der Waals surface area contributed by atoms with Crippen molar-refractivity contribution in [3.63, 3.8) is 0 Å². The van der Waals surface area contributed by atoms with Gasteiger partial charge in [-0.2, -0.15) is 0 Å². The first-order valence-electron chi connectivity index (χ1n) is 10.5. The molecule has 2 amide bonds. The number of carbonyl (C=O) groups is 2. The van der Waals surface area contributed by atoms with Gasteiger partial charge in [-0.05, 0) is 51.4 Å². The number of aromatic nitrogens is 1. The van der Waals surface area contributed by atoms with Gasteiger partial charge in [-0.1, -0.05) is 5.16 Å². The van der Waals surface area contributed by atoms with E-state index in [9.17, 15) is 14.7 Å². The maximum atomic E-state index is 12.9. The highest BCUT2D eigenvalue weighted by Crippen LogP contribution is 2.40. The number of piperidine rings is 1. The Morgan fingerprint density at radius 3 is 2.64 bits per heavy atom. The number of hydrogen-bond acceptors (Lipinski definition) is 6. The molecule has 4 rings (SSSR count). The second kappa shape index (κ2) is 8.21. The summed E-state index contributed by atoms with van der Waals surface area (Å²) in [5, 5.41) is 16.7. The van der Waals surface area contributed by atoms with E-state index in [1.807, 2.05) is 4.90 Å². The predicted molar refractivity (Wildman–Crippen MR) is 101 cm³/mol. The summed E-state index contributed by atoms with van der Waals surface area (Å²) in [7, 11) is 0. The summed E-state index contributed by atoms with van der Waals surface area (Å²) in [6, 6.07) is 1.58. The molecule has 0 unspecified atom stereocenters. The van der Waals surface area contributed by atoms with Crippen LogP contribution in [0.1, 0.15) is 73.5 Å². The average molecular weight is 390 g/mol. The average Bonchev–Trinajstić information content (AvgIpc) is 3.44. The molecule has 0 radical (unpaired) electrons. The largest absolute Gasteiger partial charge is 0.394 e. The molecule has 2 atom stereocenters. The number of nitrogens with zero attached hydrogens (tertiary/aromatic N) is 2. The van der Waals surface area contributed by atoms with E-state index in [2.05, 4.69) is 10.5 Å². The molecule has 2 saturated carbocycles. The first-order chi connectivity index (χ1) is 13.5. The van der Waals surface area contributed by atoms with Crippen molar-refractivity contribution < 1.29 is 19.2 Å². The third-order valence-corrected chi connectivity index (χ3v) is 6.41. The second-order valence-corrected chi connectivity index (χ2v) is 8.56. The number of nitrogens with one attached hydrogen (secondary N) is 1. The third-order valence-electron chi connectivity index (χ3n) is 6.41. The van der Waals surface area contributed by atoms with Gasteiger partial charge in [-0.15, -0.1) is 0 Å². The normalized spacial score (nSPS) is 30.9. The van der Waals surface area contributed by atoms with Crippen molar-refractivity contribution in [2.45, 2.75) is 75.4 Å². The number of hydrogen-bond donors (Lipinski definition) is 3. The Labute approximate surface area is 164 Å². The third kappa shape index (κ3) is 4.22. The molecular weight excluding hydrogens is 360 g/mol. The smallest absolute Gasteiger partial charge is 0.273 e. The van der Waals surface area contributed by atoms with Crippen LogP contribution in [0.25, 0.3) is 0 Å². The lowest BCUT2D eigenvalue weighted by Crippen LogP contribution is -2.55. The van der Waals surface area contributed by atoms with E-state index >= 15 is 0 Å². The second-order valence-electron chi connectivity index (χ2n) is 8.56. The summed E-state index contributed by atoms with van der Waals surface area (Å²) in [6.45, 7) is 0.448. The van der Waals surface area contributed by atoms with Gasteiger partial charge in [-0.3, -0.25) is 9.59 Å². The van der Waals surface area contributed by atoms with Gasteiger partial charge in [0.05, 0.1) is 12.6 Å². The Kier molecular flexibility index (Phi) is 5.68. The summed E-state index contributed by atoms with van der Waals surface area (Å²) >= 11 is 0. The predicted octanol–water partition coefficient (Wildman–Crippen LogP) is 1.15. The number of amides is 2. The molecule has 8 heteroatoms. The number of rotatable bonds is 5. The quantitative estimate of drug-likeness (QED) is 0.693. The summed E-state index contributed by atoms with van der Waals surface area (Å²) < 4.78 is 5.25. The maximum Gasteiger partial charge on any atom is 0.273 e. The van der Waals surface area contributed by atoms with Crippen molar-refractivity contribution in [3.8, 4) is 0 Å². The van der Waals surface area contributed by atoms with Gasteiger partial charge in [0.25, 0.3) is 5.91 Å². The van der Waals surface area contributed by atoms with Crippen LogP contribution in [0.5, 0.6) is 0 Å². The van der Waals surface area contributed by atoms with Crippen LogP contribution in [-0.2, 0) is 4.79 Å². The van der Waals surface area contributed by atoms with Gasteiger partial charge in [0.15, 0.2) is 5.69 Å². The highest BCUT2D eigenvalue weighted by molar-refractivity contribution is 5.92. The van der Waals surface area contributed by atoms with Crippen LogP contribution < -0.4 is 11.1 Å². The summed E-state index contributed by atoms with van der Waals surface area (Å²) in [5.74, 6) is 1.08. The van der Waals surface area contributed by atoms with E-state index in [4.69, 9.17) is 10.3 Å². The fourth-order valence-electron chi connectivity index (χ4n) is 4.46. The van der Waals surface area contributed by atoms with Gasteiger partial charge in [0, 0.05) is 36.5 Å². The van der Waals surface area contributed by atoms with E-state index in [1.165, 1.54) is 0 Å². The minimum Gasteiger partial charge on any atom is -0.394 e. The molecule has 154 valence electrons. The van der Waals surface area contributed by atoms with Crippen molar-refractivity contribution in [3.05, 3.63) is 17.5 Å². The molecule has 0 spiro atoms. The first-order valence-corrected chi connectivity index (χ1v) is 10.5. The van der Waals surface area contributed by atoms with Crippen LogP contribution in [0.2, 0.25) is 0 Å². The molecule has 4 N–H and O–H groups in total. The van der Waals surface area contributed by atoms with Crippen molar-refractivity contribution >= 4 is 11.8 Å². The fraction of sp³-hybridized carbons (Fsp3) is 0.750. The van der Waals surface area contributed by atoms with Crippen LogP contribution in [0.3, 0.4) is 0 Å². The van der Waals surface area contributed by atoms with Crippen LogP contribution in [0, 0.1) is 5.92 Å². The zero-order chi connectivity index (χ0) is 19.7. The molecule has 0 aromatic carbocycles. The Hall–Kier alpha value is -1.93. The Morgan fingerprint density at radius 2 is 1.96 bits per heavy atom. The molecule has 0 bridgehead atoms. The molecule has 2 aliphatic carbocycles. The van der Waals surface area contributed by atoms with Crippen molar-refractivity contribution in [2.24, 2.45) is 11.7 Å². The highest BCUT2D eigenvalue weighted by atomic mass is 16.5. The number of nitrogens with two attached hydrogens (primary N) is 1. The topological polar surface area (TPSA) is 122 Å². The first kappa shape index (κ1) is 19.4. The monoisotopic (exact) mass is 390 g/mol. The Morgan fingerprint density at radius 1 is 1.21 bits per heavy atom. The number of likely N-dealkylation sites (tertiary alicyclic amines) is 1. The van der Waals surface area contributed by atoms with E-state index < -0.39 is 0 Å². The number of aliphatic hydroxyl groups is 1. The van der Waals surface area contributed by atoms with Crippen LogP contribution in [-0.4, -0.2) is 58.3 Å². The molecule has 1 aromatic rings. The van der Waals surface area contributed by atoms with Crippen molar-refractivity contribution in [1.82, 2.24) is 15.4 Å². The summed E-state index contributed by atoms with van der Waals surface area (Å²) in [6.07, 6.45) is 6.82. The maximum absolute atomic E-state index is 12.9. The van der Waals surface area contributed by atoms with Crippen molar-refractivity contribution in [1.29, 1.82) is 0 Å². The molecule has 8 nitrogen and oxygen atoms in total. The zero-order valence-electron chi connectivity index (χ0n) is 16.2. The van der Waals surface area contributed by atoms with E-state index in [0.29, 0.717) is 31.0 Å². The van der Waals surface area contributed by atoms with Gasteiger partial charge in [-0.25, -0.2) is 0 Å². The van der Waals surface area contributed by atoms with Crippen molar-refractivity contribution in [2.75, 3.05) is 13.2 Å². The Balaban J connectivity index is 1.32. The van der Waals surface area contributed by atoms with Gasteiger partial charge < -0.3 is 25.6 Å². The highest BCUT2D eigenvalue weighted by Gasteiger charge is 2.36. The lowest BCUT2D eigenvalue weighted by molar-refractivity contribution is -0.141. The van der Waals surface area contributed by atoms with Crippen LogP contribution in [0.4, 0.5) is 0 Å². The minimum absolute atomic E-state index is 0.0102. The molecule has 2 heterocycles.